The molecule has 0 unspecified atom stereocenters. The normalized spacial score (nSPS) is 9.68. The molecule has 0 nitrogen and oxygen atoms in total. The van der Waals surface area contributed by atoms with E-state index in [9.17, 15) is 0 Å². The smallest absolute Gasteiger partial charge is 1.00 e. The van der Waals surface area contributed by atoms with E-state index in [1.165, 1.54) is 22.3 Å². The molecule has 0 saturated heterocycles. The molecule has 130 valence electrons. The van der Waals surface area contributed by atoms with Gasteiger partial charge in [0.05, 0.1) is 0 Å². The summed E-state index contributed by atoms with van der Waals surface area (Å²) in [6, 6.07) is 28.3. The average Bonchev–Trinajstić information content (AvgIpc) is 3.05. The topological polar surface area (TPSA) is 0 Å². The van der Waals surface area contributed by atoms with Crippen LogP contribution in [0.15, 0.2) is 78.9 Å². The van der Waals surface area contributed by atoms with Crippen LogP contribution < -0.4 is 37.2 Å². The van der Waals surface area contributed by atoms with Gasteiger partial charge in [-0.05, 0) is 16.5 Å². The van der Waals surface area contributed by atoms with Crippen molar-refractivity contribution < 1.29 is 58.9 Å². The van der Waals surface area contributed by atoms with Crippen molar-refractivity contribution in [3.8, 4) is 0 Å². The monoisotopic (exact) mass is 426 g/mol. The molecule has 3 aromatic rings. The fourth-order valence-corrected chi connectivity index (χ4v) is 3.27. The van der Waals surface area contributed by atoms with E-state index >= 15 is 0 Å². The molecule has 0 spiro atoms. The summed E-state index contributed by atoms with van der Waals surface area (Å²) < 4.78 is 0. The van der Waals surface area contributed by atoms with E-state index in [4.69, 9.17) is 0 Å². The van der Waals surface area contributed by atoms with E-state index in [1.54, 1.807) is 0 Å². The molecule has 25 heavy (non-hydrogen) atoms. The number of benzene rings is 2. The van der Waals surface area contributed by atoms with Crippen LogP contribution in [0.4, 0.5) is 0 Å². The molecular formula is C21H21Cl3Ti. The quantitative estimate of drug-likeness (QED) is 0.297. The van der Waals surface area contributed by atoms with Gasteiger partial charge in [-0.15, -0.1) is 5.56 Å². The third kappa shape index (κ3) is 5.19. The van der Waals surface area contributed by atoms with Crippen LogP contribution in [0, 0.1) is 0 Å². The van der Waals surface area contributed by atoms with Crippen LogP contribution >= 0.6 is 0 Å². The largest absolute Gasteiger partial charge is 4.00 e. The van der Waals surface area contributed by atoms with E-state index in [-0.39, 0.29) is 64.4 Å². The molecule has 4 heteroatoms. The zero-order valence-electron chi connectivity index (χ0n) is 14.3. The second kappa shape index (κ2) is 11.9. The maximum atomic E-state index is 2.34. The molecule has 0 saturated carbocycles. The number of rotatable bonds is 4. The van der Waals surface area contributed by atoms with Gasteiger partial charge >= 0.3 is 21.7 Å². The molecule has 0 fully saturated rings. The van der Waals surface area contributed by atoms with E-state index in [2.05, 4.69) is 92.7 Å². The van der Waals surface area contributed by atoms with Gasteiger partial charge in [-0.3, -0.25) is 0 Å². The maximum Gasteiger partial charge on any atom is 4.00 e. The Morgan fingerprint density at radius 3 is 1.56 bits per heavy atom. The van der Waals surface area contributed by atoms with E-state index in [1.807, 2.05) is 0 Å². The molecule has 0 radical (unpaired) electrons. The van der Waals surface area contributed by atoms with E-state index in [0.29, 0.717) is 0 Å². The van der Waals surface area contributed by atoms with Crippen molar-refractivity contribution in [3.05, 3.63) is 101 Å². The van der Waals surface area contributed by atoms with Gasteiger partial charge in [0.1, 0.15) is 0 Å². The molecule has 0 atom stereocenters. The van der Waals surface area contributed by atoms with Crippen molar-refractivity contribution in [1.29, 1.82) is 0 Å². The van der Waals surface area contributed by atoms with Gasteiger partial charge in [0.15, 0.2) is 0 Å². The molecule has 3 aromatic carbocycles. The molecule has 3 rings (SSSR count). The summed E-state index contributed by atoms with van der Waals surface area (Å²) in [5.74, 6) is 0. The molecule has 0 heterocycles. The first-order chi connectivity index (χ1) is 10.3. The summed E-state index contributed by atoms with van der Waals surface area (Å²) in [6.45, 7) is 4.57. The summed E-state index contributed by atoms with van der Waals surface area (Å²) >= 11 is 0. The van der Waals surface area contributed by atoms with Crippen LogP contribution in [0.3, 0.4) is 0 Å². The SMILES string of the molecule is CCc1ccc[c-]1C(C)(c1ccccc1)c1ccccc1.[Cl-].[Cl-].[Cl-].[Ti+4]. The Morgan fingerprint density at radius 2 is 1.16 bits per heavy atom. The van der Waals surface area contributed by atoms with E-state index < -0.39 is 0 Å². The standard InChI is InChI=1S/C21H21.3ClH.Ti/c1-3-17-11-10-16-20(17)21(2,18-12-6-4-7-13-18)19-14-8-5-9-15-19;;;;/h4-16H,3H2,1-2H3;3*1H;/q-1;;;;+4/p-3. The number of halogens is 3. The van der Waals surface area contributed by atoms with Crippen LogP contribution in [0.2, 0.25) is 0 Å². The minimum atomic E-state index is -0.0998. The van der Waals surface area contributed by atoms with Crippen LogP contribution in [0.5, 0.6) is 0 Å². The van der Waals surface area contributed by atoms with Gasteiger partial charge < -0.3 is 37.2 Å². The molecule has 0 aliphatic carbocycles. The maximum absolute atomic E-state index is 2.34. The van der Waals surface area contributed by atoms with Crippen LogP contribution in [-0.2, 0) is 33.6 Å². The summed E-state index contributed by atoms with van der Waals surface area (Å²) in [6.07, 6.45) is 1.07. The zero-order chi connectivity index (χ0) is 14.7. The minimum absolute atomic E-state index is 0. The second-order valence-corrected chi connectivity index (χ2v) is 5.68. The van der Waals surface area contributed by atoms with Crippen molar-refractivity contribution in [2.45, 2.75) is 25.7 Å². The van der Waals surface area contributed by atoms with Crippen molar-refractivity contribution in [3.63, 3.8) is 0 Å². The molecule has 0 aromatic heterocycles. The molecule has 0 bridgehead atoms. The van der Waals surface area contributed by atoms with Crippen LogP contribution in [0.1, 0.15) is 36.1 Å². The molecule has 0 aliphatic heterocycles. The van der Waals surface area contributed by atoms with E-state index in [0.717, 1.165) is 6.42 Å². The Labute approximate surface area is 184 Å². The summed E-state index contributed by atoms with van der Waals surface area (Å²) in [5.41, 5.74) is 5.44. The predicted molar refractivity (Wildman–Crippen MR) is 89.9 cm³/mol. The van der Waals surface area contributed by atoms with Gasteiger partial charge in [-0.1, -0.05) is 80.9 Å². The number of hydrogen-bond donors (Lipinski definition) is 0. The molecular weight excluding hydrogens is 406 g/mol. The minimum Gasteiger partial charge on any atom is -1.00 e. The van der Waals surface area contributed by atoms with Crippen molar-refractivity contribution in [2.24, 2.45) is 0 Å². The Morgan fingerprint density at radius 1 is 0.720 bits per heavy atom. The first kappa shape index (κ1) is 26.6. The second-order valence-electron chi connectivity index (χ2n) is 5.68. The van der Waals surface area contributed by atoms with Crippen LogP contribution in [-0.4, -0.2) is 0 Å². The van der Waals surface area contributed by atoms with Gasteiger partial charge in [0.25, 0.3) is 0 Å². The first-order valence-electron chi connectivity index (χ1n) is 7.63. The number of hydrogen-bond acceptors (Lipinski definition) is 0. The fraction of sp³-hybridized carbons (Fsp3) is 0.190. The Hall–Kier alpha value is -0.626. The summed E-state index contributed by atoms with van der Waals surface area (Å²) in [5, 5.41) is 0. The summed E-state index contributed by atoms with van der Waals surface area (Å²) in [4.78, 5) is 0. The van der Waals surface area contributed by atoms with Crippen LogP contribution in [0.25, 0.3) is 0 Å². The van der Waals surface area contributed by atoms with Gasteiger partial charge in [-0.2, -0.15) is 11.6 Å². The van der Waals surface area contributed by atoms with Crippen molar-refractivity contribution >= 4 is 0 Å². The number of aryl methyl sites for hydroxylation is 1. The predicted octanol–water partition coefficient (Wildman–Crippen LogP) is -3.67. The van der Waals surface area contributed by atoms with Gasteiger partial charge in [0.2, 0.25) is 0 Å². The third-order valence-corrected chi connectivity index (χ3v) is 4.53. The fourth-order valence-electron chi connectivity index (χ4n) is 3.27. The summed E-state index contributed by atoms with van der Waals surface area (Å²) in [7, 11) is 0. The Bertz CT molecular complexity index is 669. The van der Waals surface area contributed by atoms with Crippen molar-refractivity contribution in [1.82, 2.24) is 0 Å². The molecule has 0 amide bonds. The van der Waals surface area contributed by atoms with Gasteiger partial charge in [-0.25, -0.2) is 12.1 Å². The third-order valence-electron chi connectivity index (χ3n) is 4.53. The molecule has 0 N–H and O–H groups in total. The zero-order valence-corrected chi connectivity index (χ0v) is 18.2. The van der Waals surface area contributed by atoms with Gasteiger partial charge in [0, 0.05) is 0 Å². The Balaban J connectivity index is 0. The first-order valence-corrected chi connectivity index (χ1v) is 7.63. The Kier molecular flexibility index (Phi) is 12.6. The average molecular weight is 428 g/mol. The van der Waals surface area contributed by atoms with Crippen molar-refractivity contribution in [2.75, 3.05) is 0 Å². The molecule has 0 aliphatic rings.